The van der Waals surface area contributed by atoms with Crippen LogP contribution in [0.5, 0.6) is 5.75 Å². The number of epoxide rings is 1. The molecule has 1 saturated heterocycles. The lowest BCUT2D eigenvalue weighted by Gasteiger charge is -2.26. The Hall–Kier alpha value is -3.73. The molecule has 2 fully saturated rings. The van der Waals surface area contributed by atoms with E-state index in [4.69, 9.17) is 9.47 Å². The van der Waals surface area contributed by atoms with Gasteiger partial charge in [-0.2, -0.15) is 5.10 Å². The molecule has 11 heteroatoms. The van der Waals surface area contributed by atoms with E-state index in [0.29, 0.717) is 37.5 Å². The van der Waals surface area contributed by atoms with Crippen LogP contribution in [0.25, 0.3) is 0 Å². The van der Waals surface area contributed by atoms with Crippen LogP contribution in [-0.4, -0.2) is 71.6 Å². The molecule has 0 radical (unpaired) electrons. The number of hydrogen-bond acceptors (Lipinski definition) is 7. The molecular weight excluding hydrogens is 538 g/mol. The summed E-state index contributed by atoms with van der Waals surface area (Å²) in [6, 6.07) is 4.78. The third-order valence-electron chi connectivity index (χ3n) is 8.73. The number of ketones is 1. The standard InChI is InChI=1S/C31H41N5O6/c1-18(33-30(39)21-9-12-24-22(15-21)16-32-36-24)29(38)35-26(14-20-7-10-23(41-2)11-8-20)31(40)34-25(28(37)27-17-42-27)13-19-5-3-4-6-19/h7-8,10-11,16,18-19,21,25-27H,3-6,9,12-15,17H2,1-2H3,(H,32,36)(H,33,39)(H,34,40)(H,35,38)/t18-,21-,25?,26+,27-/m1/s1. The molecule has 1 aromatic heterocycles. The van der Waals surface area contributed by atoms with E-state index < -0.39 is 36.0 Å². The van der Waals surface area contributed by atoms with E-state index >= 15 is 0 Å². The van der Waals surface area contributed by atoms with Crippen LogP contribution in [0.3, 0.4) is 0 Å². The maximum absolute atomic E-state index is 13.7. The van der Waals surface area contributed by atoms with E-state index in [-0.39, 0.29) is 24.0 Å². The Balaban J connectivity index is 1.25. The number of fused-ring (bicyclic) bond motifs is 1. The molecule has 0 spiro atoms. The molecule has 1 aromatic carbocycles. The van der Waals surface area contributed by atoms with Crippen molar-refractivity contribution in [2.75, 3.05) is 13.7 Å². The second kappa shape index (κ2) is 13.5. The van der Waals surface area contributed by atoms with Crippen molar-refractivity contribution in [3.8, 4) is 5.75 Å². The molecule has 1 unspecified atom stereocenters. The SMILES string of the molecule is COc1ccc(C[C@H](NC(=O)[C@@H](C)NC(=O)[C@@H]2CCc3[nH]ncc3C2)C(=O)NC(CC2CCCC2)C(=O)[C@H]2CO2)cc1. The zero-order valence-corrected chi connectivity index (χ0v) is 24.3. The lowest BCUT2D eigenvalue weighted by molar-refractivity contribution is -0.134. The molecular formula is C31H41N5O6. The maximum Gasteiger partial charge on any atom is 0.243 e. The topological polar surface area (TPSA) is 155 Å². The number of aryl methyl sites for hydroxylation is 1. The van der Waals surface area contributed by atoms with Crippen LogP contribution < -0.4 is 20.7 Å². The van der Waals surface area contributed by atoms with Gasteiger partial charge >= 0.3 is 0 Å². The molecule has 4 N–H and O–H groups in total. The average molecular weight is 580 g/mol. The molecule has 3 amide bonds. The van der Waals surface area contributed by atoms with Crippen LogP contribution in [0.15, 0.2) is 30.5 Å². The molecule has 1 saturated carbocycles. The van der Waals surface area contributed by atoms with Gasteiger partial charge in [0.2, 0.25) is 17.7 Å². The minimum Gasteiger partial charge on any atom is -0.497 e. The van der Waals surface area contributed by atoms with E-state index in [1.54, 1.807) is 32.4 Å². The van der Waals surface area contributed by atoms with Gasteiger partial charge in [-0.25, -0.2) is 0 Å². The van der Waals surface area contributed by atoms with Gasteiger partial charge in [0.05, 0.1) is 26.0 Å². The van der Waals surface area contributed by atoms with E-state index in [0.717, 1.165) is 48.9 Å². The fourth-order valence-electron chi connectivity index (χ4n) is 6.07. The third-order valence-corrected chi connectivity index (χ3v) is 8.73. The van der Waals surface area contributed by atoms with Gasteiger partial charge in [0.25, 0.3) is 0 Å². The van der Waals surface area contributed by atoms with Crippen LogP contribution in [0.4, 0.5) is 0 Å². The summed E-state index contributed by atoms with van der Waals surface area (Å²) in [6.45, 7) is 1.99. The Morgan fingerprint density at radius 1 is 1.02 bits per heavy atom. The molecule has 5 rings (SSSR count). The number of rotatable bonds is 13. The van der Waals surface area contributed by atoms with Gasteiger partial charge in [-0.05, 0) is 61.8 Å². The number of carbonyl (C=O) groups excluding carboxylic acids is 4. The highest BCUT2D eigenvalue weighted by atomic mass is 16.6. The summed E-state index contributed by atoms with van der Waals surface area (Å²) < 4.78 is 10.5. The average Bonchev–Trinajstić information content (AvgIpc) is 3.51. The summed E-state index contributed by atoms with van der Waals surface area (Å²) in [5.74, 6) is -0.421. The zero-order chi connectivity index (χ0) is 29.6. The fraction of sp³-hybridized carbons (Fsp3) is 0.581. The summed E-state index contributed by atoms with van der Waals surface area (Å²) in [7, 11) is 1.58. The molecule has 2 aliphatic carbocycles. The number of Topliss-reactive ketones (excluding diaryl/α,β-unsaturated/α-hetero) is 1. The number of carbonyl (C=O) groups is 4. The fourth-order valence-corrected chi connectivity index (χ4v) is 6.07. The van der Waals surface area contributed by atoms with Crippen LogP contribution in [0, 0.1) is 11.8 Å². The van der Waals surface area contributed by atoms with Crippen LogP contribution in [0.2, 0.25) is 0 Å². The van der Waals surface area contributed by atoms with Crippen LogP contribution in [-0.2, 0) is 43.2 Å². The van der Waals surface area contributed by atoms with Gasteiger partial charge in [-0.3, -0.25) is 24.3 Å². The monoisotopic (exact) mass is 579 g/mol. The first-order chi connectivity index (χ1) is 20.3. The smallest absolute Gasteiger partial charge is 0.243 e. The number of benzene rings is 1. The number of ether oxygens (including phenoxy) is 2. The van der Waals surface area contributed by atoms with E-state index in [1.165, 1.54) is 0 Å². The van der Waals surface area contributed by atoms with Gasteiger partial charge < -0.3 is 25.4 Å². The first-order valence-corrected chi connectivity index (χ1v) is 15.0. The first kappa shape index (κ1) is 29.8. The lowest BCUT2D eigenvalue weighted by Crippen LogP contribution is -2.56. The van der Waals surface area contributed by atoms with Gasteiger partial charge in [0.1, 0.15) is 23.9 Å². The van der Waals surface area contributed by atoms with Gasteiger partial charge in [0, 0.05) is 18.0 Å². The van der Waals surface area contributed by atoms with Crippen molar-refractivity contribution >= 4 is 23.5 Å². The molecule has 5 atom stereocenters. The lowest BCUT2D eigenvalue weighted by atomic mass is 9.87. The van der Waals surface area contributed by atoms with Crippen LogP contribution in [0.1, 0.15) is 62.3 Å². The van der Waals surface area contributed by atoms with Gasteiger partial charge in [-0.15, -0.1) is 0 Å². The van der Waals surface area contributed by atoms with Crippen molar-refractivity contribution in [2.24, 2.45) is 11.8 Å². The van der Waals surface area contributed by atoms with Gasteiger partial charge in [0.15, 0.2) is 5.78 Å². The van der Waals surface area contributed by atoms with Crippen molar-refractivity contribution in [1.29, 1.82) is 0 Å². The number of nitrogens with one attached hydrogen (secondary N) is 4. The largest absolute Gasteiger partial charge is 0.497 e. The number of H-pyrrole nitrogens is 1. The van der Waals surface area contributed by atoms with Crippen molar-refractivity contribution in [2.45, 2.75) is 88.9 Å². The minimum atomic E-state index is -0.951. The summed E-state index contributed by atoms with van der Waals surface area (Å²) in [4.78, 5) is 53.1. The Labute approximate surface area is 245 Å². The Kier molecular flexibility index (Phi) is 9.56. The highest BCUT2D eigenvalue weighted by Gasteiger charge is 2.39. The van der Waals surface area contributed by atoms with Crippen molar-refractivity contribution in [3.63, 3.8) is 0 Å². The van der Waals surface area contributed by atoms with E-state index in [9.17, 15) is 19.2 Å². The number of nitrogens with zero attached hydrogens (tertiary/aromatic N) is 1. The number of aromatic amines is 1. The van der Waals surface area contributed by atoms with Crippen molar-refractivity contribution in [3.05, 3.63) is 47.3 Å². The van der Waals surface area contributed by atoms with Gasteiger partial charge in [-0.1, -0.05) is 37.8 Å². The summed E-state index contributed by atoms with van der Waals surface area (Å²) in [6.07, 6.45) is 8.34. The van der Waals surface area contributed by atoms with Crippen molar-refractivity contribution in [1.82, 2.24) is 26.1 Å². The number of hydrogen-bond donors (Lipinski definition) is 4. The number of amides is 3. The highest BCUT2D eigenvalue weighted by molar-refractivity contribution is 5.96. The van der Waals surface area contributed by atoms with E-state index in [2.05, 4.69) is 26.1 Å². The first-order valence-electron chi connectivity index (χ1n) is 15.0. The second-order valence-electron chi connectivity index (χ2n) is 11.8. The molecule has 11 nitrogen and oxygen atoms in total. The maximum atomic E-state index is 13.7. The summed E-state index contributed by atoms with van der Waals surface area (Å²) >= 11 is 0. The molecule has 0 bridgehead atoms. The minimum absolute atomic E-state index is 0.112. The molecule has 226 valence electrons. The molecule has 2 heterocycles. The molecule has 3 aliphatic rings. The van der Waals surface area contributed by atoms with Crippen molar-refractivity contribution < 1.29 is 28.7 Å². The quantitative estimate of drug-likeness (QED) is 0.264. The zero-order valence-electron chi connectivity index (χ0n) is 24.3. The number of methoxy groups -OCH3 is 1. The third kappa shape index (κ3) is 7.56. The second-order valence-corrected chi connectivity index (χ2v) is 11.8. The normalized spacial score (nSPS) is 21.9. The number of aromatic nitrogens is 2. The summed E-state index contributed by atoms with van der Waals surface area (Å²) in [5.41, 5.74) is 2.89. The molecule has 2 aromatic rings. The van der Waals surface area contributed by atoms with E-state index in [1.807, 2.05) is 12.1 Å². The Morgan fingerprint density at radius 2 is 1.74 bits per heavy atom. The Bertz CT molecular complexity index is 1270. The predicted octanol–water partition coefficient (Wildman–Crippen LogP) is 1.79. The Morgan fingerprint density at radius 3 is 2.43 bits per heavy atom. The molecule has 1 aliphatic heterocycles. The predicted molar refractivity (Wildman–Crippen MR) is 154 cm³/mol. The molecule has 42 heavy (non-hydrogen) atoms. The van der Waals surface area contributed by atoms with Crippen LogP contribution >= 0.6 is 0 Å². The summed E-state index contributed by atoms with van der Waals surface area (Å²) in [5, 5.41) is 15.6. The highest BCUT2D eigenvalue weighted by Crippen LogP contribution is 2.30.